The Morgan fingerprint density at radius 1 is 1.03 bits per heavy atom. The maximum atomic E-state index is 12.7. The number of para-hydroxylation sites is 1. The van der Waals surface area contributed by atoms with Gasteiger partial charge in [0.15, 0.2) is 10.4 Å². The van der Waals surface area contributed by atoms with E-state index >= 15 is 0 Å². The van der Waals surface area contributed by atoms with Crippen molar-refractivity contribution in [1.82, 2.24) is 5.32 Å². The highest BCUT2D eigenvalue weighted by atomic mass is 79.9. The number of unbranched alkanes of at least 4 members (excludes halogenated alkanes) is 1. The monoisotopic (exact) mass is 484 g/mol. The average molecular weight is 485 g/mol. The van der Waals surface area contributed by atoms with Crippen LogP contribution in [0.3, 0.4) is 0 Å². The molecule has 0 saturated heterocycles. The molecule has 0 aliphatic heterocycles. The molecular formula is C24H25BrN2O4. The third-order valence-corrected chi connectivity index (χ3v) is 5.17. The normalized spacial score (nSPS) is 10.5. The first-order chi connectivity index (χ1) is 15.0. The van der Waals surface area contributed by atoms with Crippen molar-refractivity contribution in [2.75, 3.05) is 25.1 Å². The van der Waals surface area contributed by atoms with Crippen LogP contribution < -0.4 is 15.0 Å². The fourth-order valence-corrected chi connectivity index (χ4v) is 3.32. The number of furan rings is 1. The van der Waals surface area contributed by atoms with Crippen LogP contribution in [0.4, 0.5) is 5.69 Å². The summed E-state index contributed by atoms with van der Waals surface area (Å²) in [6, 6.07) is 18.2. The van der Waals surface area contributed by atoms with Crippen molar-refractivity contribution in [3.63, 3.8) is 0 Å². The zero-order valence-corrected chi connectivity index (χ0v) is 19.1. The quantitative estimate of drug-likeness (QED) is 0.422. The number of carbonyl (C=O) groups excluding carboxylic acids is 2. The Morgan fingerprint density at radius 3 is 2.48 bits per heavy atom. The standard InChI is InChI=1S/C24H25BrN2O4/c1-17-9-11-18(12-10-17)30-16-6-5-15-26-23(28)19-7-3-4-8-20(19)27(2)24(29)21-13-14-22(25)31-21/h3-4,7-14H,5-6,15-16H2,1-2H3,(H,26,28). The van der Waals surface area contributed by atoms with Gasteiger partial charge in [-0.3, -0.25) is 9.59 Å². The Morgan fingerprint density at radius 2 is 1.77 bits per heavy atom. The molecule has 0 atom stereocenters. The van der Waals surface area contributed by atoms with E-state index in [4.69, 9.17) is 9.15 Å². The zero-order valence-electron chi connectivity index (χ0n) is 17.6. The van der Waals surface area contributed by atoms with Crippen LogP contribution in [-0.4, -0.2) is 32.0 Å². The van der Waals surface area contributed by atoms with Gasteiger partial charge in [0.1, 0.15) is 5.75 Å². The van der Waals surface area contributed by atoms with Gasteiger partial charge in [0.25, 0.3) is 11.8 Å². The Hall–Kier alpha value is -3.06. The molecule has 2 amide bonds. The van der Waals surface area contributed by atoms with E-state index in [1.54, 1.807) is 43.4 Å². The third-order valence-electron chi connectivity index (χ3n) is 4.75. The Balaban J connectivity index is 1.50. The summed E-state index contributed by atoms with van der Waals surface area (Å²) in [5.41, 5.74) is 2.14. The van der Waals surface area contributed by atoms with Gasteiger partial charge in [0.2, 0.25) is 0 Å². The number of amides is 2. The van der Waals surface area contributed by atoms with Crippen molar-refractivity contribution >= 4 is 33.4 Å². The van der Waals surface area contributed by atoms with Crippen LogP contribution >= 0.6 is 15.9 Å². The van der Waals surface area contributed by atoms with Gasteiger partial charge in [0.05, 0.1) is 17.9 Å². The summed E-state index contributed by atoms with van der Waals surface area (Å²) in [6.07, 6.45) is 1.61. The van der Waals surface area contributed by atoms with Gasteiger partial charge in [-0.25, -0.2) is 0 Å². The van der Waals surface area contributed by atoms with E-state index in [1.165, 1.54) is 10.5 Å². The topological polar surface area (TPSA) is 71.8 Å². The van der Waals surface area contributed by atoms with Crippen LogP contribution in [0.15, 0.2) is 69.8 Å². The SMILES string of the molecule is Cc1ccc(OCCCCNC(=O)c2ccccc2N(C)C(=O)c2ccc(Br)o2)cc1. The van der Waals surface area contributed by atoms with Crippen LogP contribution in [0.5, 0.6) is 5.75 Å². The van der Waals surface area contributed by atoms with Crippen LogP contribution in [-0.2, 0) is 0 Å². The molecule has 31 heavy (non-hydrogen) atoms. The molecule has 0 radical (unpaired) electrons. The summed E-state index contributed by atoms with van der Waals surface area (Å²) in [5.74, 6) is 0.479. The van der Waals surface area contributed by atoms with Crippen molar-refractivity contribution < 1.29 is 18.7 Å². The van der Waals surface area contributed by atoms with Gasteiger partial charge in [-0.1, -0.05) is 29.8 Å². The van der Waals surface area contributed by atoms with Crippen LogP contribution in [0.25, 0.3) is 0 Å². The molecule has 0 spiro atoms. The first-order valence-corrected chi connectivity index (χ1v) is 10.8. The molecule has 162 valence electrons. The minimum atomic E-state index is -0.334. The van der Waals surface area contributed by atoms with E-state index in [0.29, 0.717) is 29.1 Å². The van der Waals surface area contributed by atoms with Gasteiger partial charge < -0.3 is 19.4 Å². The van der Waals surface area contributed by atoms with Gasteiger partial charge >= 0.3 is 0 Å². The molecule has 7 heteroatoms. The summed E-state index contributed by atoms with van der Waals surface area (Å²) in [7, 11) is 1.62. The van der Waals surface area contributed by atoms with Crippen molar-refractivity contribution in [1.29, 1.82) is 0 Å². The smallest absolute Gasteiger partial charge is 0.293 e. The van der Waals surface area contributed by atoms with E-state index < -0.39 is 0 Å². The van der Waals surface area contributed by atoms with Crippen LogP contribution in [0, 0.1) is 6.92 Å². The number of carbonyl (C=O) groups is 2. The highest BCUT2D eigenvalue weighted by Crippen LogP contribution is 2.23. The molecule has 1 N–H and O–H groups in total. The number of benzene rings is 2. The second-order valence-electron chi connectivity index (χ2n) is 7.11. The number of ether oxygens (including phenoxy) is 1. The van der Waals surface area contributed by atoms with Crippen molar-refractivity contribution in [2.45, 2.75) is 19.8 Å². The maximum Gasteiger partial charge on any atom is 0.293 e. The lowest BCUT2D eigenvalue weighted by atomic mass is 10.1. The van der Waals surface area contributed by atoms with Crippen LogP contribution in [0.1, 0.15) is 39.3 Å². The lowest BCUT2D eigenvalue weighted by Crippen LogP contribution is -2.31. The molecule has 6 nitrogen and oxygen atoms in total. The molecule has 0 saturated carbocycles. The Labute approximate surface area is 190 Å². The molecule has 3 aromatic rings. The van der Waals surface area contributed by atoms with Crippen molar-refractivity contribution in [3.8, 4) is 5.75 Å². The highest BCUT2D eigenvalue weighted by Gasteiger charge is 2.21. The highest BCUT2D eigenvalue weighted by molar-refractivity contribution is 9.10. The number of nitrogens with one attached hydrogen (secondary N) is 1. The lowest BCUT2D eigenvalue weighted by molar-refractivity contribution is 0.0952. The molecule has 0 aliphatic rings. The number of hydrogen-bond acceptors (Lipinski definition) is 4. The average Bonchev–Trinajstić information content (AvgIpc) is 3.22. The Bertz CT molecular complexity index is 1030. The molecule has 3 rings (SSSR count). The van der Waals surface area contributed by atoms with E-state index in [2.05, 4.69) is 21.2 Å². The molecule has 1 aromatic heterocycles. The number of aryl methyl sites for hydroxylation is 1. The van der Waals surface area contributed by atoms with Crippen molar-refractivity contribution in [2.24, 2.45) is 0 Å². The fourth-order valence-electron chi connectivity index (χ4n) is 3.01. The molecule has 0 aliphatic carbocycles. The Kier molecular flexibility index (Phi) is 7.89. The summed E-state index contributed by atoms with van der Waals surface area (Å²) < 4.78 is 11.5. The number of nitrogens with zero attached hydrogens (tertiary/aromatic N) is 1. The maximum absolute atomic E-state index is 12.7. The fraction of sp³-hybridized carbons (Fsp3) is 0.250. The van der Waals surface area contributed by atoms with Gasteiger partial charge in [-0.05, 0) is 72.1 Å². The molecule has 0 unspecified atom stereocenters. The zero-order chi connectivity index (χ0) is 22.2. The predicted molar refractivity (Wildman–Crippen MR) is 124 cm³/mol. The minimum absolute atomic E-state index is 0.193. The number of halogens is 1. The second kappa shape index (κ2) is 10.8. The van der Waals surface area contributed by atoms with E-state index in [-0.39, 0.29) is 17.6 Å². The molecule has 1 heterocycles. The minimum Gasteiger partial charge on any atom is -0.494 e. The van der Waals surface area contributed by atoms with E-state index in [0.717, 1.165) is 18.6 Å². The number of anilines is 1. The first-order valence-electron chi connectivity index (χ1n) is 10.1. The van der Waals surface area contributed by atoms with E-state index in [1.807, 2.05) is 31.2 Å². The molecule has 0 bridgehead atoms. The number of rotatable bonds is 9. The van der Waals surface area contributed by atoms with E-state index in [9.17, 15) is 9.59 Å². The van der Waals surface area contributed by atoms with Gasteiger partial charge in [-0.2, -0.15) is 0 Å². The van der Waals surface area contributed by atoms with Gasteiger partial charge in [0, 0.05) is 13.6 Å². The third kappa shape index (κ3) is 6.21. The number of hydrogen-bond donors (Lipinski definition) is 1. The molecular weight excluding hydrogens is 460 g/mol. The second-order valence-corrected chi connectivity index (χ2v) is 7.89. The first kappa shape index (κ1) is 22.6. The summed E-state index contributed by atoms with van der Waals surface area (Å²) in [4.78, 5) is 26.8. The predicted octanol–water partition coefficient (Wildman–Crippen LogP) is 5.22. The van der Waals surface area contributed by atoms with Crippen LogP contribution in [0.2, 0.25) is 0 Å². The van der Waals surface area contributed by atoms with Gasteiger partial charge in [-0.15, -0.1) is 0 Å². The largest absolute Gasteiger partial charge is 0.494 e. The van der Waals surface area contributed by atoms with Crippen molar-refractivity contribution in [3.05, 3.63) is 82.2 Å². The summed E-state index contributed by atoms with van der Waals surface area (Å²) >= 11 is 3.20. The molecule has 2 aromatic carbocycles. The molecule has 0 fully saturated rings. The lowest BCUT2D eigenvalue weighted by Gasteiger charge is -2.19. The summed E-state index contributed by atoms with van der Waals surface area (Å²) in [6.45, 7) is 3.15. The summed E-state index contributed by atoms with van der Waals surface area (Å²) in [5, 5.41) is 2.92.